The Morgan fingerprint density at radius 1 is 1.00 bits per heavy atom. The number of hydrogen-bond donors (Lipinski definition) is 3. The predicted molar refractivity (Wildman–Crippen MR) is 82.1 cm³/mol. The Kier molecular flexibility index (Phi) is 4.28. The summed E-state index contributed by atoms with van der Waals surface area (Å²) >= 11 is 0. The minimum Gasteiger partial charge on any atom is -0.351 e. The molecule has 0 radical (unpaired) electrons. The van der Waals surface area contributed by atoms with Crippen molar-refractivity contribution in [3.8, 4) is 0 Å². The lowest BCUT2D eigenvalue weighted by Gasteiger charge is -2.10. The van der Waals surface area contributed by atoms with Gasteiger partial charge >= 0.3 is 0 Å². The number of carbonyl (C=O) groups excluding carboxylic acids is 1. The van der Waals surface area contributed by atoms with Gasteiger partial charge in [-0.2, -0.15) is 0 Å². The van der Waals surface area contributed by atoms with E-state index >= 15 is 0 Å². The van der Waals surface area contributed by atoms with E-state index in [9.17, 15) is 4.79 Å². The SMILES string of the molecule is O=C(NCc1ccccc1)C1CC(c2ccccc2)NN1. The quantitative estimate of drug-likeness (QED) is 0.802. The summed E-state index contributed by atoms with van der Waals surface area (Å²) in [5.74, 6) is 0.0322. The zero-order chi connectivity index (χ0) is 14.5. The second-order valence-electron chi connectivity index (χ2n) is 5.24. The van der Waals surface area contributed by atoms with Crippen LogP contribution in [0.1, 0.15) is 23.6 Å². The Hall–Kier alpha value is -2.17. The molecular weight excluding hydrogens is 262 g/mol. The minimum atomic E-state index is -0.195. The summed E-state index contributed by atoms with van der Waals surface area (Å²) in [6.07, 6.45) is 0.755. The van der Waals surface area contributed by atoms with Crippen LogP contribution in [-0.4, -0.2) is 11.9 Å². The van der Waals surface area contributed by atoms with E-state index in [1.165, 1.54) is 5.56 Å². The van der Waals surface area contributed by atoms with Crippen LogP contribution in [0.4, 0.5) is 0 Å². The predicted octanol–water partition coefficient (Wildman–Crippen LogP) is 1.91. The van der Waals surface area contributed by atoms with Gasteiger partial charge in [0, 0.05) is 12.6 Å². The molecule has 4 nitrogen and oxygen atoms in total. The highest BCUT2D eigenvalue weighted by atomic mass is 16.2. The Morgan fingerprint density at radius 3 is 2.38 bits per heavy atom. The average Bonchev–Trinajstić information content (AvgIpc) is 3.04. The molecule has 1 aliphatic heterocycles. The van der Waals surface area contributed by atoms with E-state index in [1.54, 1.807) is 0 Å². The number of nitrogens with one attached hydrogen (secondary N) is 3. The Bertz CT molecular complexity index is 585. The van der Waals surface area contributed by atoms with Crippen molar-refractivity contribution in [3.63, 3.8) is 0 Å². The second kappa shape index (κ2) is 6.52. The van der Waals surface area contributed by atoms with E-state index in [1.807, 2.05) is 48.5 Å². The van der Waals surface area contributed by atoms with Crippen LogP contribution in [0.25, 0.3) is 0 Å². The zero-order valence-electron chi connectivity index (χ0n) is 11.8. The monoisotopic (exact) mass is 281 g/mol. The summed E-state index contributed by atoms with van der Waals surface area (Å²) in [4.78, 5) is 12.2. The lowest BCUT2D eigenvalue weighted by molar-refractivity contribution is -0.123. The number of benzene rings is 2. The van der Waals surface area contributed by atoms with Gasteiger partial charge in [-0.15, -0.1) is 0 Å². The molecule has 1 aliphatic rings. The third-order valence-corrected chi connectivity index (χ3v) is 3.73. The molecule has 0 spiro atoms. The van der Waals surface area contributed by atoms with Crippen molar-refractivity contribution in [2.75, 3.05) is 0 Å². The molecule has 21 heavy (non-hydrogen) atoms. The molecule has 1 heterocycles. The first-order valence-corrected chi connectivity index (χ1v) is 7.20. The molecule has 2 aromatic rings. The third kappa shape index (κ3) is 3.48. The first-order valence-electron chi connectivity index (χ1n) is 7.20. The van der Waals surface area contributed by atoms with Gasteiger partial charge in [-0.1, -0.05) is 60.7 Å². The summed E-state index contributed by atoms with van der Waals surface area (Å²) in [5.41, 5.74) is 8.58. The van der Waals surface area contributed by atoms with Gasteiger partial charge in [-0.3, -0.25) is 4.79 Å². The highest BCUT2D eigenvalue weighted by Gasteiger charge is 2.29. The molecule has 0 saturated carbocycles. The van der Waals surface area contributed by atoms with E-state index in [2.05, 4.69) is 28.3 Å². The molecule has 3 rings (SSSR count). The maximum absolute atomic E-state index is 12.2. The number of hydrogen-bond acceptors (Lipinski definition) is 3. The van der Waals surface area contributed by atoms with Crippen LogP contribution in [-0.2, 0) is 11.3 Å². The molecule has 0 aliphatic carbocycles. The van der Waals surface area contributed by atoms with Crippen molar-refractivity contribution < 1.29 is 4.79 Å². The molecule has 1 amide bonds. The van der Waals surface area contributed by atoms with Gasteiger partial charge in [0.25, 0.3) is 0 Å². The van der Waals surface area contributed by atoms with Crippen molar-refractivity contribution in [3.05, 3.63) is 71.8 Å². The minimum absolute atomic E-state index is 0.0322. The first-order chi connectivity index (χ1) is 10.3. The number of hydrazine groups is 1. The van der Waals surface area contributed by atoms with Crippen LogP contribution >= 0.6 is 0 Å². The van der Waals surface area contributed by atoms with Crippen molar-refractivity contribution >= 4 is 5.91 Å². The molecule has 2 atom stereocenters. The zero-order valence-corrected chi connectivity index (χ0v) is 11.8. The molecule has 3 N–H and O–H groups in total. The number of amides is 1. The maximum atomic E-state index is 12.2. The average molecular weight is 281 g/mol. The third-order valence-electron chi connectivity index (χ3n) is 3.73. The van der Waals surface area contributed by atoms with Crippen LogP contribution in [0.5, 0.6) is 0 Å². The summed E-state index contributed by atoms with van der Waals surface area (Å²) in [5, 5.41) is 2.97. The molecular formula is C17H19N3O. The van der Waals surface area contributed by atoms with Crippen LogP contribution in [0.3, 0.4) is 0 Å². The van der Waals surface area contributed by atoms with Gasteiger partial charge in [-0.25, -0.2) is 10.9 Å². The van der Waals surface area contributed by atoms with Gasteiger partial charge in [0.05, 0.1) is 0 Å². The van der Waals surface area contributed by atoms with Crippen LogP contribution in [0.15, 0.2) is 60.7 Å². The molecule has 4 heteroatoms. The van der Waals surface area contributed by atoms with E-state index < -0.39 is 0 Å². The molecule has 1 saturated heterocycles. The first kappa shape index (κ1) is 13.8. The fourth-order valence-corrected chi connectivity index (χ4v) is 2.54. The van der Waals surface area contributed by atoms with Crippen molar-refractivity contribution in [2.24, 2.45) is 0 Å². The Labute approximate surface area is 124 Å². The molecule has 108 valence electrons. The summed E-state index contributed by atoms with van der Waals surface area (Å²) in [6, 6.07) is 20.1. The van der Waals surface area contributed by atoms with Gasteiger partial charge in [-0.05, 0) is 17.5 Å². The maximum Gasteiger partial charge on any atom is 0.238 e. The molecule has 0 bridgehead atoms. The van der Waals surface area contributed by atoms with Gasteiger partial charge in [0.2, 0.25) is 5.91 Å². The standard InChI is InChI=1S/C17H19N3O/c21-17(18-12-13-7-3-1-4-8-13)16-11-15(19-20-16)14-9-5-2-6-10-14/h1-10,15-16,19-20H,11-12H2,(H,18,21). The van der Waals surface area contributed by atoms with E-state index in [0.29, 0.717) is 6.54 Å². The highest BCUT2D eigenvalue weighted by Crippen LogP contribution is 2.21. The lowest BCUT2D eigenvalue weighted by atomic mass is 10.0. The van der Waals surface area contributed by atoms with Crippen molar-refractivity contribution in [2.45, 2.75) is 25.0 Å². The van der Waals surface area contributed by atoms with E-state index in [4.69, 9.17) is 0 Å². The molecule has 1 fully saturated rings. The van der Waals surface area contributed by atoms with Gasteiger partial charge in [0.15, 0.2) is 0 Å². The molecule has 0 aromatic heterocycles. The normalized spacial score (nSPS) is 21.1. The molecule has 2 aromatic carbocycles. The topological polar surface area (TPSA) is 53.2 Å². The van der Waals surface area contributed by atoms with Crippen LogP contribution in [0.2, 0.25) is 0 Å². The fraction of sp³-hybridized carbons (Fsp3) is 0.235. The Balaban J connectivity index is 1.53. The van der Waals surface area contributed by atoms with Crippen LogP contribution in [0, 0.1) is 0 Å². The fourth-order valence-electron chi connectivity index (χ4n) is 2.54. The van der Waals surface area contributed by atoms with Crippen molar-refractivity contribution in [1.29, 1.82) is 0 Å². The Morgan fingerprint density at radius 2 is 1.67 bits per heavy atom. The van der Waals surface area contributed by atoms with E-state index in [-0.39, 0.29) is 18.0 Å². The highest BCUT2D eigenvalue weighted by molar-refractivity contribution is 5.82. The second-order valence-corrected chi connectivity index (χ2v) is 5.24. The van der Waals surface area contributed by atoms with Crippen LogP contribution < -0.4 is 16.2 Å². The molecule has 2 unspecified atom stereocenters. The van der Waals surface area contributed by atoms with E-state index in [0.717, 1.165) is 12.0 Å². The lowest BCUT2D eigenvalue weighted by Crippen LogP contribution is -2.42. The largest absolute Gasteiger partial charge is 0.351 e. The summed E-state index contributed by atoms with van der Waals surface area (Å²) in [7, 11) is 0. The summed E-state index contributed by atoms with van der Waals surface area (Å²) < 4.78 is 0. The van der Waals surface area contributed by atoms with Gasteiger partial charge in [0.1, 0.15) is 6.04 Å². The van der Waals surface area contributed by atoms with Crippen molar-refractivity contribution in [1.82, 2.24) is 16.2 Å². The number of carbonyl (C=O) groups is 1. The van der Waals surface area contributed by atoms with Gasteiger partial charge < -0.3 is 5.32 Å². The number of rotatable bonds is 4. The smallest absolute Gasteiger partial charge is 0.238 e. The summed E-state index contributed by atoms with van der Waals surface area (Å²) in [6.45, 7) is 0.563.